The molecule has 0 spiro atoms. The topological polar surface area (TPSA) is 20.2 Å². The van der Waals surface area contributed by atoms with Gasteiger partial charge < -0.3 is 5.11 Å². The summed E-state index contributed by atoms with van der Waals surface area (Å²) in [5, 5.41) is 9.42. The van der Waals surface area contributed by atoms with Crippen LogP contribution in [0, 0.1) is 0 Å². The molecule has 1 nitrogen and oxygen atoms in total. The molecule has 12 heavy (non-hydrogen) atoms. The summed E-state index contributed by atoms with van der Waals surface area (Å²) < 4.78 is 0. The van der Waals surface area contributed by atoms with Crippen LogP contribution in [0.5, 0.6) is 0 Å². The fraction of sp³-hybridized carbons (Fsp3) is 0.400. The summed E-state index contributed by atoms with van der Waals surface area (Å²) in [7, 11) is -0.346. The normalized spacial score (nSPS) is 16.6. The standard InChI is InChI=1S/C10H16OSi/c1-10(11,12-2)8-9-6-4-3-5-7-9/h3-7,11H,8,12H2,1-2H3. The second-order valence-electron chi connectivity index (χ2n) is 3.51. The van der Waals surface area contributed by atoms with Crippen molar-refractivity contribution in [3.8, 4) is 0 Å². The Morgan fingerprint density at radius 1 is 1.33 bits per heavy atom. The van der Waals surface area contributed by atoms with Gasteiger partial charge in [0.05, 0.1) is 9.52 Å². The van der Waals surface area contributed by atoms with E-state index in [4.69, 9.17) is 0 Å². The number of benzene rings is 1. The van der Waals surface area contributed by atoms with Gasteiger partial charge in [0.25, 0.3) is 0 Å². The molecule has 1 N–H and O–H groups in total. The second kappa shape index (κ2) is 3.87. The van der Waals surface area contributed by atoms with Gasteiger partial charge in [-0.05, 0) is 18.9 Å². The highest BCUT2D eigenvalue weighted by atomic mass is 28.2. The van der Waals surface area contributed by atoms with Crippen LogP contribution >= 0.6 is 0 Å². The van der Waals surface area contributed by atoms with E-state index >= 15 is 0 Å². The van der Waals surface area contributed by atoms with Gasteiger partial charge in [0.1, 0.15) is 0 Å². The van der Waals surface area contributed by atoms with Gasteiger partial charge in [0, 0.05) is 5.22 Å². The third-order valence-electron chi connectivity index (χ3n) is 2.19. The molecular weight excluding hydrogens is 164 g/mol. The Labute approximate surface area is 76.3 Å². The molecule has 1 aromatic rings. The highest BCUT2D eigenvalue weighted by molar-refractivity contribution is 6.37. The van der Waals surface area contributed by atoms with Gasteiger partial charge >= 0.3 is 0 Å². The van der Waals surface area contributed by atoms with Crippen LogP contribution in [0.1, 0.15) is 12.5 Å². The van der Waals surface area contributed by atoms with E-state index in [1.807, 2.05) is 25.1 Å². The molecule has 0 aliphatic rings. The van der Waals surface area contributed by atoms with E-state index < -0.39 is 5.22 Å². The van der Waals surface area contributed by atoms with Crippen LogP contribution in [0.25, 0.3) is 0 Å². The summed E-state index contributed by atoms with van der Waals surface area (Å²) in [5.74, 6) is 0. The monoisotopic (exact) mass is 180 g/mol. The summed E-state index contributed by atoms with van der Waals surface area (Å²) >= 11 is 0. The molecule has 2 heteroatoms. The van der Waals surface area contributed by atoms with Crippen molar-refractivity contribution in [2.24, 2.45) is 0 Å². The zero-order valence-corrected chi connectivity index (χ0v) is 9.16. The minimum absolute atomic E-state index is 0.346. The molecule has 1 atom stereocenters. The van der Waals surface area contributed by atoms with Crippen molar-refractivity contribution in [1.82, 2.24) is 0 Å². The van der Waals surface area contributed by atoms with Gasteiger partial charge in [0.2, 0.25) is 0 Å². The van der Waals surface area contributed by atoms with E-state index in [9.17, 15) is 5.11 Å². The van der Waals surface area contributed by atoms with Gasteiger partial charge in [0.15, 0.2) is 0 Å². The van der Waals surface area contributed by atoms with Crippen LogP contribution in [0.2, 0.25) is 6.55 Å². The third-order valence-corrected chi connectivity index (χ3v) is 3.96. The number of aliphatic hydroxyl groups is 1. The van der Waals surface area contributed by atoms with Crippen LogP contribution in [-0.2, 0) is 6.42 Å². The summed E-state index contributed by atoms with van der Waals surface area (Å²) in [6, 6.07) is 10.2. The average molecular weight is 180 g/mol. The summed E-state index contributed by atoms with van der Waals surface area (Å²) in [6.07, 6.45) is 0.802. The first-order chi connectivity index (χ1) is 5.64. The molecule has 0 heterocycles. The lowest BCUT2D eigenvalue weighted by atomic mass is 10.1. The quantitative estimate of drug-likeness (QED) is 0.692. The molecule has 1 aromatic carbocycles. The SMILES string of the molecule is C[SiH2]C(C)(O)Cc1ccccc1. The van der Waals surface area contributed by atoms with Crippen LogP contribution in [0.4, 0.5) is 0 Å². The molecule has 0 amide bonds. The lowest BCUT2D eigenvalue weighted by molar-refractivity contribution is 0.145. The lowest BCUT2D eigenvalue weighted by Crippen LogP contribution is -2.32. The molecular formula is C10H16OSi. The smallest absolute Gasteiger partial charge is 0.0561 e. The van der Waals surface area contributed by atoms with Crippen LogP contribution < -0.4 is 0 Å². The number of hydrogen-bond acceptors (Lipinski definition) is 1. The largest absolute Gasteiger partial charge is 0.394 e. The molecule has 66 valence electrons. The first-order valence-electron chi connectivity index (χ1n) is 4.40. The maximum atomic E-state index is 9.84. The molecule has 0 bridgehead atoms. The predicted molar refractivity (Wildman–Crippen MR) is 55.2 cm³/mol. The van der Waals surface area contributed by atoms with Gasteiger partial charge in [-0.25, -0.2) is 0 Å². The molecule has 0 aliphatic carbocycles. The maximum absolute atomic E-state index is 9.84. The number of hydrogen-bond donors (Lipinski definition) is 1. The van der Waals surface area contributed by atoms with Crippen molar-refractivity contribution >= 4 is 9.52 Å². The molecule has 1 unspecified atom stereocenters. The molecule has 0 fully saturated rings. The highest BCUT2D eigenvalue weighted by Crippen LogP contribution is 2.10. The molecule has 0 aliphatic heterocycles. The number of rotatable bonds is 3. The van der Waals surface area contributed by atoms with Crippen molar-refractivity contribution in [2.45, 2.75) is 25.1 Å². The van der Waals surface area contributed by atoms with Crippen LogP contribution in [0.3, 0.4) is 0 Å². The van der Waals surface area contributed by atoms with E-state index in [2.05, 4.69) is 18.7 Å². The fourth-order valence-corrected chi connectivity index (χ4v) is 1.70. The van der Waals surface area contributed by atoms with Gasteiger partial charge in [-0.2, -0.15) is 0 Å². The second-order valence-corrected chi connectivity index (χ2v) is 5.74. The Kier molecular flexibility index (Phi) is 3.06. The van der Waals surface area contributed by atoms with E-state index in [1.54, 1.807) is 0 Å². The van der Waals surface area contributed by atoms with Crippen molar-refractivity contribution in [3.63, 3.8) is 0 Å². The Morgan fingerprint density at radius 3 is 2.42 bits per heavy atom. The minimum Gasteiger partial charge on any atom is -0.394 e. The van der Waals surface area contributed by atoms with Crippen LogP contribution in [0.15, 0.2) is 30.3 Å². The zero-order chi connectivity index (χ0) is 9.03. The van der Waals surface area contributed by atoms with E-state index in [0.29, 0.717) is 0 Å². The molecule has 0 aromatic heterocycles. The van der Waals surface area contributed by atoms with Gasteiger partial charge in [-0.1, -0.05) is 36.9 Å². The van der Waals surface area contributed by atoms with E-state index in [-0.39, 0.29) is 9.52 Å². The van der Waals surface area contributed by atoms with Crippen molar-refractivity contribution in [3.05, 3.63) is 35.9 Å². The molecule has 0 radical (unpaired) electrons. The highest BCUT2D eigenvalue weighted by Gasteiger charge is 2.17. The first kappa shape index (κ1) is 9.48. The lowest BCUT2D eigenvalue weighted by Gasteiger charge is -2.20. The third kappa shape index (κ3) is 2.79. The van der Waals surface area contributed by atoms with Gasteiger partial charge in [-0.3, -0.25) is 0 Å². The predicted octanol–water partition coefficient (Wildman–Crippen LogP) is 1.15. The zero-order valence-electron chi connectivity index (χ0n) is 7.75. The molecule has 0 saturated carbocycles. The van der Waals surface area contributed by atoms with E-state index in [1.165, 1.54) is 5.56 Å². The summed E-state index contributed by atoms with van der Waals surface area (Å²) in [5.41, 5.74) is 1.23. The Balaban J connectivity index is 2.64. The average Bonchev–Trinajstić information content (AvgIpc) is 2.06. The minimum atomic E-state index is -0.415. The van der Waals surface area contributed by atoms with Gasteiger partial charge in [-0.15, -0.1) is 0 Å². The summed E-state index contributed by atoms with van der Waals surface area (Å²) in [4.78, 5) is 0. The van der Waals surface area contributed by atoms with Crippen molar-refractivity contribution in [2.75, 3.05) is 0 Å². The van der Waals surface area contributed by atoms with Crippen LogP contribution in [-0.4, -0.2) is 19.9 Å². The maximum Gasteiger partial charge on any atom is 0.0561 e. The Hall–Kier alpha value is -0.603. The Bertz CT molecular complexity index is 231. The summed E-state index contributed by atoms with van der Waals surface area (Å²) in [6.45, 7) is 4.08. The molecule has 1 rings (SSSR count). The van der Waals surface area contributed by atoms with Crippen molar-refractivity contribution < 1.29 is 5.11 Å². The van der Waals surface area contributed by atoms with Crippen molar-refractivity contribution in [1.29, 1.82) is 0 Å². The molecule has 0 saturated heterocycles. The first-order valence-corrected chi connectivity index (χ1v) is 6.52. The Morgan fingerprint density at radius 2 is 1.92 bits per heavy atom. The fourth-order valence-electron chi connectivity index (χ4n) is 1.16. The van der Waals surface area contributed by atoms with E-state index in [0.717, 1.165) is 6.42 Å².